The third-order valence-corrected chi connectivity index (χ3v) is 5.71. The van der Waals surface area contributed by atoms with Crippen molar-refractivity contribution in [1.29, 1.82) is 0 Å². The van der Waals surface area contributed by atoms with Gasteiger partial charge in [-0.2, -0.15) is 0 Å². The van der Waals surface area contributed by atoms with E-state index in [1.807, 2.05) is 49.1 Å². The van der Waals surface area contributed by atoms with Gasteiger partial charge in [-0.3, -0.25) is 9.59 Å². The molecule has 0 spiro atoms. The van der Waals surface area contributed by atoms with E-state index in [2.05, 4.69) is 33.4 Å². The van der Waals surface area contributed by atoms with Crippen molar-refractivity contribution < 1.29 is 9.59 Å². The number of hydrogen-bond donors (Lipinski definition) is 2. The summed E-state index contributed by atoms with van der Waals surface area (Å²) in [7, 11) is 0. The number of carbonyl (C=O) groups excluding carboxylic acids is 2. The fourth-order valence-electron chi connectivity index (χ4n) is 4.11. The summed E-state index contributed by atoms with van der Waals surface area (Å²) >= 11 is 0. The van der Waals surface area contributed by atoms with Gasteiger partial charge in [-0.05, 0) is 49.2 Å². The van der Waals surface area contributed by atoms with Crippen molar-refractivity contribution in [1.82, 2.24) is 15.2 Å². The Labute approximate surface area is 176 Å². The molecule has 6 nitrogen and oxygen atoms in total. The van der Waals surface area contributed by atoms with Gasteiger partial charge in [0.05, 0.1) is 0 Å². The van der Waals surface area contributed by atoms with Gasteiger partial charge in [0, 0.05) is 55.7 Å². The normalized spacial score (nSPS) is 14.2. The highest BCUT2D eigenvalue weighted by atomic mass is 16.2. The second-order valence-electron chi connectivity index (χ2n) is 7.94. The van der Waals surface area contributed by atoms with Crippen LogP contribution in [0.5, 0.6) is 0 Å². The van der Waals surface area contributed by atoms with Crippen LogP contribution >= 0.6 is 0 Å². The number of H-pyrrole nitrogens is 1. The second-order valence-corrected chi connectivity index (χ2v) is 7.94. The van der Waals surface area contributed by atoms with E-state index < -0.39 is 0 Å². The van der Waals surface area contributed by atoms with Crippen LogP contribution in [0.4, 0.5) is 5.69 Å². The molecular weight excluding hydrogens is 376 g/mol. The van der Waals surface area contributed by atoms with Crippen molar-refractivity contribution in [2.75, 3.05) is 37.6 Å². The number of piperazine rings is 1. The molecule has 4 rings (SSSR count). The van der Waals surface area contributed by atoms with Gasteiger partial charge in [0.15, 0.2) is 0 Å². The third kappa shape index (κ3) is 4.32. The number of carbonyl (C=O) groups is 2. The molecule has 0 saturated carbocycles. The number of benzene rings is 2. The molecule has 2 heterocycles. The quantitative estimate of drug-likeness (QED) is 0.686. The number of aromatic nitrogens is 1. The molecule has 156 valence electrons. The highest BCUT2D eigenvalue weighted by Gasteiger charge is 2.21. The van der Waals surface area contributed by atoms with Gasteiger partial charge < -0.3 is 20.1 Å². The second kappa shape index (κ2) is 8.61. The Kier molecular flexibility index (Phi) is 5.74. The van der Waals surface area contributed by atoms with E-state index in [-0.39, 0.29) is 11.8 Å². The lowest BCUT2D eigenvalue weighted by molar-refractivity contribution is -0.131. The first kappa shape index (κ1) is 20.0. The van der Waals surface area contributed by atoms with Crippen LogP contribution in [0.15, 0.2) is 48.5 Å². The fraction of sp³-hybridized carbons (Fsp3) is 0.333. The first-order valence-corrected chi connectivity index (χ1v) is 10.5. The van der Waals surface area contributed by atoms with E-state index in [4.69, 9.17) is 0 Å². The van der Waals surface area contributed by atoms with Crippen molar-refractivity contribution >= 4 is 28.4 Å². The van der Waals surface area contributed by atoms with Crippen LogP contribution in [0, 0.1) is 13.8 Å². The minimum absolute atomic E-state index is 0.0890. The Bertz CT molecular complexity index is 1050. The van der Waals surface area contributed by atoms with Crippen LogP contribution in [0.3, 0.4) is 0 Å². The molecule has 0 atom stereocenters. The van der Waals surface area contributed by atoms with E-state index in [0.717, 1.165) is 35.1 Å². The Morgan fingerprint density at radius 1 is 1.00 bits per heavy atom. The number of nitrogens with zero attached hydrogens (tertiary/aromatic N) is 2. The number of amides is 2. The standard InChI is InChI=1S/C24H28N4O2/c1-17-14-18(2)20-16-22(26-21(20)15-17)24(30)25-9-8-23(29)28-12-10-27(11-13-28)19-6-4-3-5-7-19/h3-7,14-16,26H,8-13H2,1-2H3,(H,25,30). The van der Waals surface area contributed by atoms with Crippen molar-refractivity contribution in [3.05, 3.63) is 65.4 Å². The van der Waals surface area contributed by atoms with Gasteiger partial charge in [-0.1, -0.05) is 24.3 Å². The van der Waals surface area contributed by atoms with E-state index in [1.54, 1.807) is 0 Å². The highest BCUT2D eigenvalue weighted by Crippen LogP contribution is 2.21. The maximum Gasteiger partial charge on any atom is 0.267 e. The number of nitrogens with one attached hydrogen (secondary N) is 2. The summed E-state index contributed by atoms with van der Waals surface area (Å²) in [6, 6.07) is 16.3. The van der Waals surface area contributed by atoms with Crippen LogP contribution in [-0.2, 0) is 4.79 Å². The van der Waals surface area contributed by atoms with Gasteiger partial charge in [-0.25, -0.2) is 0 Å². The summed E-state index contributed by atoms with van der Waals surface area (Å²) in [5.74, 6) is -0.0870. The van der Waals surface area contributed by atoms with Crippen LogP contribution in [0.1, 0.15) is 28.0 Å². The lowest BCUT2D eigenvalue weighted by Gasteiger charge is -2.36. The zero-order valence-electron chi connectivity index (χ0n) is 17.6. The molecule has 0 aliphatic carbocycles. The molecule has 2 amide bonds. The van der Waals surface area contributed by atoms with E-state index in [0.29, 0.717) is 31.7 Å². The predicted molar refractivity (Wildman–Crippen MR) is 120 cm³/mol. The SMILES string of the molecule is Cc1cc(C)c2cc(C(=O)NCCC(=O)N3CCN(c4ccccc4)CC3)[nH]c2c1. The molecule has 2 aromatic carbocycles. The van der Waals surface area contributed by atoms with E-state index in [9.17, 15) is 9.59 Å². The Morgan fingerprint density at radius 2 is 1.73 bits per heavy atom. The van der Waals surface area contributed by atoms with Crippen molar-refractivity contribution in [3.8, 4) is 0 Å². The number of aryl methyl sites for hydroxylation is 2. The van der Waals surface area contributed by atoms with Gasteiger partial charge in [-0.15, -0.1) is 0 Å². The largest absolute Gasteiger partial charge is 0.368 e. The molecular formula is C24H28N4O2. The summed E-state index contributed by atoms with van der Waals surface area (Å²) in [4.78, 5) is 32.4. The first-order valence-electron chi connectivity index (χ1n) is 10.5. The molecule has 30 heavy (non-hydrogen) atoms. The number of para-hydroxylation sites is 1. The molecule has 6 heteroatoms. The van der Waals surface area contributed by atoms with Gasteiger partial charge >= 0.3 is 0 Å². The molecule has 1 aromatic heterocycles. The smallest absolute Gasteiger partial charge is 0.267 e. The molecule has 1 saturated heterocycles. The topological polar surface area (TPSA) is 68.4 Å². The zero-order valence-corrected chi connectivity index (χ0v) is 17.6. The molecule has 0 unspecified atom stereocenters. The monoisotopic (exact) mass is 404 g/mol. The minimum atomic E-state index is -0.176. The lowest BCUT2D eigenvalue weighted by Crippen LogP contribution is -2.49. The fourth-order valence-corrected chi connectivity index (χ4v) is 4.11. The number of anilines is 1. The van der Waals surface area contributed by atoms with E-state index >= 15 is 0 Å². The van der Waals surface area contributed by atoms with Gasteiger partial charge in [0.1, 0.15) is 5.69 Å². The highest BCUT2D eigenvalue weighted by molar-refractivity contribution is 5.99. The third-order valence-electron chi connectivity index (χ3n) is 5.71. The molecule has 1 aliphatic heterocycles. The summed E-state index contributed by atoms with van der Waals surface area (Å²) < 4.78 is 0. The molecule has 3 aromatic rings. The van der Waals surface area contributed by atoms with Crippen LogP contribution in [-0.4, -0.2) is 54.4 Å². The summed E-state index contributed by atoms with van der Waals surface area (Å²) in [6.45, 7) is 7.50. The van der Waals surface area contributed by atoms with Crippen LogP contribution in [0.2, 0.25) is 0 Å². The number of hydrogen-bond acceptors (Lipinski definition) is 3. The average Bonchev–Trinajstić information content (AvgIpc) is 3.19. The van der Waals surface area contributed by atoms with Gasteiger partial charge in [0.2, 0.25) is 5.91 Å². The number of fused-ring (bicyclic) bond motifs is 1. The maximum absolute atomic E-state index is 12.5. The lowest BCUT2D eigenvalue weighted by atomic mass is 10.1. The van der Waals surface area contributed by atoms with Crippen LogP contribution in [0.25, 0.3) is 10.9 Å². The number of aromatic amines is 1. The molecule has 2 N–H and O–H groups in total. The average molecular weight is 405 g/mol. The summed E-state index contributed by atoms with van der Waals surface area (Å²) in [6.07, 6.45) is 0.315. The van der Waals surface area contributed by atoms with Crippen molar-refractivity contribution in [2.45, 2.75) is 20.3 Å². The first-order chi connectivity index (χ1) is 14.5. The Balaban J connectivity index is 1.26. The maximum atomic E-state index is 12.5. The van der Waals surface area contributed by atoms with Crippen molar-refractivity contribution in [3.63, 3.8) is 0 Å². The Hall–Kier alpha value is -3.28. The van der Waals surface area contributed by atoms with Crippen molar-refractivity contribution in [2.24, 2.45) is 0 Å². The molecule has 1 aliphatic rings. The van der Waals surface area contributed by atoms with Crippen LogP contribution < -0.4 is 10.2 Å². The molecule has 0 radical (unpaired) electrons. The summed E-state index contributed by atoms with van der Waals surface area (Å²) in [5.41, 5.74) is 4.99. The van der Waals surface area contributed by atoms with Gasteiger partial charge in [0.25, 0.3) is 5.91 Å². The van der Waals surface area contributed by atoms with E-state index in [1.165, 1.54) is 5.69 Å². The minimum Gasteiger partial charge on any atom is -0.368 e. The predicted octanol–water partition coefficient (Wildman–Crippen LogP) is 3.25. The molecule has 0 bridgehead atoms. The Morgan fingerprint density at radius 3 is 2.47 bits per heavy atom. The number of rotatable bonds is 5. The molecule has 1 fully saturated rings. The summed E-state index contributed by atoms with van der Waals surface area (Å²) in [5, 5.41) is 3.92. The zero-order chi connectivity index (χ0) is 21.1.